The van der Waals surface area contributed by atoms with Crippen LogP contribution in [0, 0.1) is 0 Å². The Labute approximate surface area is 140 Å². The molecule has 1 atom stereocenters. The zero-order valence-corrected chi connectivity index (χ0v) is 13.6. The number of amides is 3. The van der Waals surface area contributed by atoms with Gasteiger partial charge < -0.3 is 20.1 Å². The summed E-state index contributed by atoms with van der Waals surface area (Å²) in [5.74, 6) is 0.104. The van der Waals surface area contributed by atoms with Gasteiger partial charge in [-0.05, 0) is 30.7 Å². The van der Waals surface area contributed by atoms with E-state index in [1.807, 2.05) is 42.0 Å². The number of carbonyl (C=O) groups excluding carboxylic acids is 2. The lowest BCUT2D eigenvalue weighted by molar-refractivity contribution is -0.127. The minimum Gasteiger partial charge on any atom is -0.341 e. The number of anilines is 1. The Kier molecular flexibility index (Phi) is 4.79. The van der Waals surface area contributed by atoms with Crippen LogP contribution in [0.2, 0.25) is 0 Å². The highest BCUT2D eigenvalue weighted by molar-refractivity contribution is 5.90. The van der Waals surface area contributed by atoms with Gasteiger partial charge >= 0.3 is 6.03 Å². The van der Waals surface area contributed by atoms with E-state index in [-0.39, 0.29) is 18.0 Å². The molecule has 1 fully saturated rings. The van der Waals surface area contributed by atoms with Gasteiger partial charge in [-0.3, -0.25) is 4.79 Å². The highest BCUT2D eigenvalue weighted by Gasteiger charge is 2.29. The van der Waals surface area contributed by atoms with E-state index in [1.54, 1.807) is 17.4 Å². The first-order valence-corrected chi connectivity index (χ1v) is 8.09. The lowest BCUT2D eigenvalue weighted by atomic mass is 10.2. The van der Waals surface area contributed by atoms with Crippen LogP contribution < -0.4 is 10.6 Å². The van der Waals surface area contributed by atoms with Gasteiger partial charge in [-0.25, -0.2) is 9.78 Å². The molecule has 0 radical (unpaired) electrons. The fraction of sp³-hybridized carbons (Fsp3) is 0.353. The number of aromatic nitrogens is 2. The smallest absolute Gasteiger partial charge is 0.319 e. The van der Waals surface area contributed by atoms with Crippen LogP contribution in [0.1, 0.15) is 19.8 Å². The lowest BCUT2D eigenvalue weighted by Crippen LogP contribution is -2.39. The van der Waals surface area contributed by atoms with Crippen LogP contribution in [0.25, 0.3) is 5.69 Å². The van der Waals surface area contributed by atoms with Crippen LogP contribution in [-0.4, -0.2) is 45.5 Å². The molecule has 1 saturated heterocycles. The second-order valence-corrected chi connectivity index (χ2v) is 5.86. The van der Waals surface area contributed by atoms with Gasteiger partial charge in [0.15, 0.2) is 0 Å². The summed E-state index contributed by atoms with van der Waals surface area (Å²) in [7, 11) is 0. The van der Waals surface area contributed by atoms with E-state index in [2.05, 4.69) is 15.6 Å². The Balaban J connectivity index is 1.53. The van der Waals surface area contributed by atoms with E-state index in [4.69, 9.17) is 0 Å². The van der Waals surface area contributed by atoms with Crippen molar-refractivity contribution in [3.8, 4) is 5.69 Å². The van der Waals surface area contributed by atoms with Gasteiger partial charge in [0.25, 0.3) is 0 Å². The summed E-state index contributed by atoms with van der Waals surface area (Å²) < 4.78 is 1.89. The molecular formula is C17H21N5O2. The van der Waals surface area contributed by atoms with Crippen molar-refractivity contribution in [1.82, 2.24) is 19.8 Å². The number of urea groups is 1. The zero-order chi connectivity index (χ0) is 16.9. The number of benzene rings is 1. The number of hydrogen-bond acceptors (Lipinski definition) is 3. The molecule has 2 heterocycles. The Morgan fingerprint density at radius 1 is 1.33 bits per heavy atom. The molecule has 3 amide bonds. The van der Waals surface area contributed by atoms with Gasteiger partial charge in [-0.1, -0.05) is 6.92 Å². The topological polar surface area (TPSA) is 79.3 Å². The number of hydrogen-bond donors (Lipinski definition) is 2. The molecule has 0 saturated carbocycles. The molecule has 126 valence electrons. The summed E-state index contributed by atoms with van der Waals surface area (Å²) in [6.07, 6.45) is 6.58. The fourth-order valence-corrected chi connectivity index (χ4v) is 2.84. The molecule has 0 unspecified atom stereocenters. The summed E-state index contributed by atoms with van der Waals surface area (Å²) in [4.78, 5) is 29.7. The second kappa shape index (κ2) is 7.16. The Morgan fingerprint density at radius 2 is 2.12 bits per heavy atom. The minimum atomic E-state index is -0.290. The maximum absolute atomic E-state index is 12.1. The molecule has 2 aromatic rings. The standard InChI is InChI=1S/C17H21N5O2/c1-2-8-21-11-14(10-16(21)23)20-17(24)19-13-3-5-15(6-4-13)22-9-7-18-12-22/h3-7,9,12,14H,2,8,10-11H2,1H3,(H2,19,20,24)/t14-/m0/s1. The Hall–Kier alpha value is -2.83. The number of nitrogens with one attached hydrogen (secondary N) is 2. The first-order chi connectivity index (χ1) is 11.7. The van der Waals surface area contributed by atoms with Gasteiger partial charge in [0.2, 0.25) is 5.91 Å². The zero-order valence-electron chi connectivity index (χ0n) is 13.6. The number of carbonyl (C=O) groups is 2. The fourth-order valence-electron chi connectivity index (χ4n) is 2.84. The van der Waals surface area contributed by atoms with Crippen LogP contribution in [0.3, 0.4) is 0 Å². The van der Waals surface area contributed by atoms with E-state index >= 15 is 0 Å². The predicted octanol–water partition coefficient (Wildman–Crippen LogP) is 2.00. The minimum absolute atomic E-state index is 0.104. The molecule has 0 aliphatic carbocycles. The van der Waals surface area contributed by atoms with Crippen LogP contribution in [0.5, 0.6) is 0 Å². The van der Waals surface area contributed by atoms with E-state index in [0.717, 1.165) is 18.7 Å². The van der Waals surface area contributed by atoms with Crippen molar-refractivity contribution >= 4 is 17.6 Å². The monoisotopic (exact) mass is 327 g/mol. The molecule has 1 aliphatic heterocycles. The number of nitrogens with zero attached hydrogens (tertiary/aromatic N) is 3. The summed E-state index contributed by atoms with van der Waals surface area (Å²) in [5.41, 5.74) is 1.67. The molecule has 0 spiro atoms. The van der Waals surface area contributed by atoms with Crippen molar-refractivity contribution < 1.29 is 9.59 Å². The largest absolute Gasteiger partial charge is 0.341 e. The summed E-state index contributed by atoms with van der Waals surface area (Å²) >= 11 is 0. The van der Waals surface area contributed by atoms with Crippen molar-refractivity contribution in [2.75, 3.05) is 18.4 Å². The highest BCUT2D eigenvalue weighted by Crippen LogP contribution is 2.14. The summed E-state index contributed by atoms with van der Waals surface area (Å²) in [5, 5.41) is 5.66. The van der Waals surface area contributed by atoms with Gasteiger partial charge in [0.1, 0.15) is 0 Å². The third-order valence-electron chi connectivity index (χ3n) is 3.97. The quantitative estimate of drug-likeness (QED) is 0.881. The number of imidazole rings is 1. The molecule has 1 aromatic carbocycles. The van der Waals surface area contributed by atoms with Crippen LogP contribution in [0.4, 0.5) is 10.5 Å². The van der Waals surface area contributed by atoms with Crippen LogP contribution >= 0.6 is 0 Å². The lowest BCUT2D eigenvalue weighted by Gasteiger charge is -2.16. The SMILES string of the molecule is CCCN1C[C@@H](NC(=O)Nc2ccc(-n3ccnc3)cc2)CC1=O. The van der Waals surface area contributed by atoms with Crippen molar-refractivity contribution in [2.45, 2.75) is 25.8 Å². The molecule has 3 rings (SSSR count). The highest BCUT2D eigenvalue weighted by atomic mass is 16.2. The molecule has 0 bridgehead atoms. The first-order valence-electron chi connectivity index (χ1n) is 8.09. The van der Waals surface area contributed by atoms with Crippen molar-refractivity contribution in [2.24, 2.45) is 0 Å². The molecule has 24 heavy (non-hydrogen) atoms. The van der Waals surface area contributed by atoms with Gasteiger partial charge in [0.05, 0.1) is 12.4 Å². The van der Waals surface area contributed by atoms with E-state index in [9.17, 15) is 9.59 Å². The van der Waals surface area contributed by atoms with Crippen molar-refractivity contribution in [1.29, 1.82) is 0 Å². The number of rotatable bonds is 5. The first kappa shape index (κ1) is 16.0. The Morgan fingerprint density at radius 3 is 2.79 bits per heavy atom. The van der Waals surface area contributed by atoms with Gasteiger partial charge in [-0.2, -0.15) is 0 Å². The molecule has 7 nitrogen and oxygen atoms in total. The third kappa shape index (κ3) is 3.73. The van der Waals surface area contributed by atoms with E-state index in [1.165, 1.54) is 0 Å². The molecule has 1 aromatic heterocycles. The van der Waals surface area contributed by atoms with Crippen LogP contribution in [0.15, 0.2) is 43.0 Å². The third-order valence-corrected chi connectivity index (χ3v) is 3.97. The molecule has 2 N–H and O–H groups in total. The average Bonchev–Trinajstić information content (AvgIpc) is 3.19. The summed E-state index contributed by atoms with van der Waals surface area (Å²) in [6.45, 7) is 3.36. The number of likely N-dealkylation sites (tertiary alicyclic amines) is 1. The molecular weight excluding hydrogens is 306 g/mol. The van der Waals surface area contributed by atoms with Gasteiger partial charge in [-0.15, -0.1) is 0 Å². The predicted molar refractivity (Wildman–Crippen MR) is 91.0 cm³/mol. The van der Waals surface area contributed by atoms with Gasteiger partial charge in [0, 0.05) is 43.3 Å². The van der Waals surface area contributed by atoms with Crippen LogP contribution in [-0.2, 0) is 4.79 Å². The average molecular weight is 327 g/mol. The normalized spacial score (nSPS) is 17.1. The maximum Gasteiger partial charge on any atom is 0.319 e. The van der Waals surface area contributed by atoms with Crippen molar-refractivity contribution in [3.05, 3.63) is 43.0 Å². The maximum atomic E-state index is 12.1. The Bertz CT molecular complexity index is 696. The van der Waals surface area contributed by atoms with Crippen molar-refractivity contribution in [3.63, 3.8) is 0 Å². The van der Waals surface area contributed by atoms with E-state index in [0.29, 0.717) is 18.7 Å². The molecule has 7 heteroatoms. The van der Waals surface area contributed by atoms with E-state index < -0.39 is 0 Å². The summed E-state index contributed by atoms with van der Waals surface area (Å²) in [6, 6.07) is 7.05. The second-order valence-electron chi connectivity index (χ2n) is 5.86. The molecule has 1 aliphatic rings.